The number of hydrogen-bond acceptors (Lipinski definition) is 4. The molecule has 0 N–H and O–H groups in total. The largest absolute Gasteiger partial charge is 0.266 e. The van der Waals surface area contributed by atoms with Crippen LogP contribution in [0.5, 0.6) is 0 Å². The van der Waals surface area contributed by atoms with Gasteiger partial charge in [0.2, 0.25) is 0 Å². The first-order valence-electron chi connectivity index (χ1n) is 4.81. The molecular weight excluding hydrogens is 206 g/mol. The zero-order chi connectivity index (χ0) is 10.1. The van der Waals surface area contributed by atoms with Crippen molar-refractivity contribution in [3.8, 4) is 0 Å². The number of hydrogen-bond donors (Lipinski definition) is 0. The van der Waals surface area contributed by atoms with Gasteiger partial charge in [0.25, 0.3) is 0 Å². The number of aliphatic imine (C=N–C) groups is 1. The normalized spacial score (nSPS) is 22.5. The molecule has 15 heavy (non-hydrogen) atoms. The lowest BCUT2D eigenvalue weighted by Gasteiger charge is -1.98. The van der Waals surface area contributed by atoms with E-state index in [4.69, 9.17) is 0 Å². The van der Waals surface area contributed by atoms with Crippen molar-refractivity contribution in [2.24, 2.45) is 15.2 Å². The molecule has 2 aliphatic heterocycles. The Morgan fingerprint density at radius 3 is 2.87 bits per heavy atom. The van der Waals surface area contributed by atoms with Gasteiger partial charge in [-0.2, -0.15) is 5.10 Å². The average Bonchev–Trinajstić information content (AvgIpc) is 2.79. The molecule has 2 heterocycles. The summed E-state index contributed by atoms with van der Waals surface area (Å²) in [6, 6.07) is 10.5. The second kappa shape index (κ2) is 3.62. The van der Waals surface area contributed by atoms with Gasteiger partial charge < -0.3 is 0 Å². The Morgan fingerprint density at radius 2 is 2.07 bits per heavy atom. The molecular formula is C11H9N3S. The summed E-state index contributed by atoms with van der Waals surface area (Å²) in [5, 5.41) is 10.0. The summed E-state index contributed by atoms with van der Waals surface area (Å²) in [4.78, 5) is 4.54. The van der Waals surface area contributed by atoms with E-state index < -0.39 is 0 Å². The van der Waals surface area contributed by atoms with Crippen molar-refractivity contribution in [1.82, 2.24) is 0 Å². The van der Waals surface area contributed by atoms with E-state index in [0.29, 0.717) is 0 Å². The van der Waals surface area contributed by atoms with Crippen LogP contribution in [0.1, 0.15) is 5.56 Å². The Kier molecular flexibility index (Phi) is 2.14. The van der Waals surface area contributed by atoms with Gasteiger partial charge in [-0.1, -0.05) is 42.1 Å². The smallest absolute Gasteiger partial charge is 0.138 e. The van der Waals surface area contributed by atoms with E-state index >= 15 is 0 Å². The van der Waals surface area contributed by atoms with Gasteiger partial charge in [-0.15, -0.1) is 5.10 Å². The van der Waals surface area contributed by atoms with E-state index in [1.165, 1.54) is 5.56 Å². The Labute approximate surface area is 92.0 Å². The van der Waals surface area contributed by atoms with Crippen LogP contribution in [0.3, 0.4) is 0 Å². The molecule has 0 bridgehead atoms. The second-order valence-corrected chi connectivity index (χ2v) is 4.53. The number of benzene rings is 1. The van der Waals surface area contributed by atoms with Crippen molar-refractivity contribution in [3.05, 3.63) is 35.9 Å². The van der Waals surface area contributed by atoms with Gasteiger partial charge in [-0.25, -0.2) is 0 Å². The van der Waals surface area contributed by atoms with Crippen molar-refractivity contribution in [2.75, 3.05) is 0 Å². The molecule has 0 fully saturated rings. The van der Waals surface area contributed by atoms with Crippen LogP contribution < -0.4 is 0 Å². The van der Waals surface area contributed by atoms with E-state index in [1.807, 2.05) is 6.07 Å². The Bertz CT molecular complexity index is 462. The lowest BCUT2D eigenvalue weighted by Crippen LogP contribution is -2.06. The molecule has 3 rings (SSSR count). The lowest BCUT2D eigenvalue weighted by atomic mass is 10.2. The fourth-order valence-electron chi connectivity index (χ4n) is 1.60. The highest BCUT2D eigenvalue weighted by molar-refractivity contribution is 8.27. The summed E-state index contributed by atoms with van der Waals surface area (Å²) in [6.07, 6.45) is 2.69. The van der Waals surface area contributed by atoms with Crippen LogP contribution in [-0.2, 0) is 6.42 Å². The molecule has 4 heteroatoms. The minimum Gasteiger partial charge on any atom is -0.266 e. The predicted molar refractivity (Wildman–Crippen MR) is 64.9 cm³/mol. The highest BCUT2D eigenvalue weighted by Gasteiger charge is 2.27. The molecule has 2 aliphatic rings. The maximum Gasteiger partial charge on any atom is 0.138 e. The highest BCUT2D eigenvalue weighted by atomic mass is 32.2. The third-order valence-corrected chi connectivity index (χ3v) is 3.34. The van der Waals surface area contributed by atoms with E-state index in [2.05, 4.69) is 39.5 Å². The summed E-state index contributed by atoms with van der Waals surface area (Å²) < 4.78 is 0. The summed E-state index contributed by atoms with van der Waals surface area (Å²) in [5.74, 6) is 0. The van der Waals surface area contributed by atoms with Gasteiger partial charge in [0.15, 0.2) is 0 Å². The van der Waals surface area contributed by atoms with E-state index in [9.17, 15) is 0 Å². The Hall–Kier alpha value is -1.42. The molecule has 0 amide bonds. The van der Waals surface area contributed by atoms with Crippen molar-refractivity contribution in [1.29, 1.82) is 0 Å². The number of rotatable bonds is 2. The molecule has 0 saturated heterocycles. The van der Waals surface area contributed by atoms with Crippen LogP contribution in [0.25, 0.3) is 0 Å². The van der Waals surface area contributed by atoms with Crippen LogP contribution in [0, 0.1) is 0 Å². The molecule has 0 aliphatic carbocycles. The van der Waals surface area contributed by atoms with Gasteiger partial charge in [0.1, 0.15) is 11.1 Å². The Morgan fingerprint density at radius 1 is 1.20 bits per heavy atom. The number of thioether (sulfide) groups is 1. The fraction of sp³-hybridized carbons (Fsp3) is 0.182. The first-order valence-corrected chi connectivity index (χ1v) is 5.63. The molecule has 1 atom stereocenters. The molecule has 0 spiro atoms. The number of nitrogens with zero attached hydrogens (tertiary/aromatic N) is 3. The first-order chi connectivity index (χ1) is 7.42. The van der Waals surface area contributed by atoms with Crippen molar-refractivity contribution >= 4 is 28.1 Å². The van der Waals surface area contributed by atoms with E-state index in [1.54, 1.807) is 18.0 Å². The lowest BCUT2D eigenvalue weighted by molar-refractivity contribution is 1.19. The molecule has 3 nitrogen and oxygen atoms in total. The monoisotopic (exact) mass is 215 g/mol. The summed E-state index contributed by atoms with van der Waals surface area (Å²) in [6.45, 7) is 0. The second-order valence-electron chi connectivity index (χ2n) is 3.43. The third-order valence-electron chi connectivity index (χ3n) is 2.32. The van der Waals surface area contributed by atoms with Gasteiger partial charge >= 0.3 is 0 Å². The molecule has 0 aromatic heterocycles. The zero-order valence-electron chi connectivity index (χ0n) is 8.00. The van der Waals surface area contributed by atoms with Crippen molar-refractivity contribution in [3.63, 3.8) is 0 Å². The molecule has 1 aromatic rings. The molecule has 74 valence electrons. The zero-order valence-corrected chi connectivity index (χ0v) is 8.81. The molecule has 0 radical (unpaired) electrons. The fourth-order valence-corrected chi connectivity index (χ4v) is 2.57. The standard InChI is InChI=1S/C11H9N3S/c1-2-4-8(5-3-1)6-10-13-9-7-12-14-11(9)15-10/h1-5,7,9H,6H2/t9-/m1/s1. The Balaban J connectivity index is 1.76. The van der Waals surface area contributed by atoms with Crippen LogP contribution in [0.2, 0.25) is 0 Å². The maximum atomic E-state index is 4.54. The van der Waals surface area contributed by atoms with Crippen LogP contribution in [0.4, 0.5) is 0 Å². The van der Waals surface area contributed by atoms with Crippen molar-refractivity contribution < 1.29 is 0 Å². The maximum absolute atomic E-state index is 4.54. The van der Waals surface area contributed by atoms with Gasteiger partial charge in [-0.05, 0) is 5.56 Å². The third kappa shape index (κ3) is 1.72. The predicted octanol–water partition coefficient (Wildman–Crippen LogP) is 2.14. The minimum absolute atomic E-state index is 0.105. The SMILES string of the molecule is C1=NN=C2SC(Cc3ccccc3)=N[C@H]12. The van der Waals surface area contributed by atoms with E-state index in [-0.39, 0.29) is 6.04 Å². The topological polar surface area (TPSA) is 37.1 Å². The minimum atomic E-state index is 0.105. The molecule has 0 unspecified atom stereocenters. The van der Waals surface area contributed by atoms with E-state index in [0.717, 1.165) is 16.5 Å². The highest BCUT2D eigenvalue weighted by Crippen LogP contribution is 2.25. The van der Waals surface area contributed by atoms with Crippen LogP contribution >= 0.6 is 11.8 Å². The van der Waals surface area contributed by atoms with Gasteiger partial charge in [-0.3, -0.25) is 4.99 Å². The number of fused-ring (bicyclic) bond motifs is 1. The van der Waals surface area contributed by atoms with Crippen LogP contribution in [0.15, 0.2) is 45.5 Å². The first kappa shape index (κ1) is 8.85. The quantitative estimate of drug-likeness (QED) is 0.744. The van der Waals surface area contributed by atoms with Gasteiger partial charge in [0.05, 0.1) is 11.3 Å². The van der Waals surface area contributed by atoms with Crippen molar-refractivity contribution in [2.45, 2.75) is 12.5 Å². The molecule has 0 saturated carbocycles. The summed E-state index contributed by atoms with van der Waals surface area (Å²) in [5.41, 5.74) is 1.29. The summed E-state index contributed by atoms with van der Waals surface area (Å²) >= 11 is 1.65. The van der Waals surface area contributed by atoms with Gasteiger partial charge in [0, 0.05) is 6.42 Å². The summed E-state index contributed by atoms with van der Waals surface area (Å²) in [7, 11) is 0. The molecule has 1 aromatic carbocycles. The van der Waals surface area contributed by atoms with Crippen LogP contribution in [-0.4, -0.2) is 22.3 Å². The average molecular weight is 215 g/mol.